The lowest BCUT2D eigenvalue weighted by molar-refractivity contribution is 0.0951. The molecule has 116 valence electrons. The van der Waals surface area contributed by atoms with Crippen molar-refractivity contribution in [3.8, 4) is 5.75 Å². The third-order valence-electron chi connectivity index (χ3n) is 3.76. The first-order valence-corrected chi connectivity index (χ1v) is 7.62. The minimum atomic E-state index is -0.499. The van der Waals surface area contributed by atoms with Crippen molar-refractivity contribution in [2.75, 3.05) is 20.2 Å². The lowest BCUT2D eigenvalue weighted by Gasteiger charge is -2.23. The summed E-state index contributed by atoms with van der Waals surface area (Å²) in [5, 5.41) is 0. The van der Waals surface area contributed by atoms with Crippen molar-refractivity contribution in [1.82, 2.24) is 4.90 Å². The maximum Gasteiger partial charge on any atom is 0.170 e. The van der Waals surface area contributed by atoms with Crippen LogP contribution in [-0.2, 0) is 0 Å². The molecule has 0 saturated heterocycles. The van der Waals surface area contributed by atoms with E-state index in [0.29, 0.717) is 30.7 Å². The largest absolute Gasteiger partial charge is 0.496 e. The number of carbonyl (C=O) groups is 1. The first kappa shape index (κ1) is 16.0. The van der Waals surface area contributed by atoms with Gasteiger partial charge in [0.1, 0.15) is 11.6 Å². The Morgan fingerprint density at radius 3 is 2.71 bits per heavy atom. The topological polar surface area (TPSA) is 29.5 Å². The second-order valence-corrected chi connectivity index (χ2v) is 6.11. The lowest BCUT2D eigenvalue weighted by atomic mass is 10.1. The molecule has 3 nitrogen and oxygen atoms in total. The number of carbonyl (C=O) groups excluding carboxylic acids is 1. The van der Waals surface area contributed by atoms with Crippen molar-refractivity contribution in [1.29, 1.82) is 0 Å². The number of nitrogens with zero attached hydrogens (tertiary/aromatic N) is 1. The number of hydrogen-bond donors (Lipinski definition) is 0. The van der Waals surface area contributed by atoms with Gasteiger partial charge in [-0.05, 0) is 30.9 Å². The molecule has 0 spiro atoms. The van der Waals surface area contributed by atoms with E-state index in [1.54, 1.807) is 12.1 Å². The highest BCUT2D eigenvalue weighted by Crippen LogP contribution is 2.28. The number of benzene rings is 1. The summed E-state index contributed by atoms with van der Waals surface area (Å²) in [4.78, 5) is 14.7. The molecular weight excluding hydrogens is 269 g/mol. The molecular formula is C17H24FNO2. The molecule has 0 radical (unpaired) electrons. The molecule has 0 N–H and O–H groups in total. The molecule has 0 amide bonds. The third kappa shape index (κ3) is 4.27. The minimum absolute atomic E-state index is 0.0836. The summed E-state index contributed by atoms with van der Waals surface area (Å²) in [5.41, 5.74) is 0.0836. The summed E-state index contributed by atoms with van der Waals surface area (Å²) >= 11 is 0. The van der Waals surface area contributed by atoms with Crippen LogP contribution in [0.2, 0.25) is 0 Å². The number of halogens is 1. The summed E-state index contributed by atoms with van der Waals surface area (Å²) in [7, 11) is 1.46. The van der Waals surface area contributed by atoms with Crippen molar-refractivity contribution in [2.24, 2.45) is 5.92 Å². The Morgan fingerprint density at radius 2 is 2.14 bits per heavy atom. The van der Waals surface area contributed by atoms with Crippen LogP contribution in [0.15, 0.2) is 18.2 Å². The first-order valence-electron chi connectivity index (χ1n) is 7.62. The fourth-order valence-corrected chi connectivity index (χ4v) is 2.65. The minimum Gasteiger partial charge on any atom is -0.496 e. The van der Waals surface area contributed by atoms with E-state index in [2.05, 4.69) is 18.7 Å². The molecule has 1 saturated carbocycles. The summed E-state index contributed by atoms with van der Waals surface area (Å²) in [6.45, 7) is 6.04. The number of Topliss-reactive ketones (excluding diaryl/α,β-unsaturated/α-hetero) is 1. The van der Waals surface area contributed by atoms with E-state index >= 15 is 0 Å². The summed E-state index contributed by atoms with van der Waals surface area (Å²) in [6, 6.07) is 5.11. The van der Waals surface area contributed by atoms with Gasteiger partial charge in [-0.1, -0.05) is 19.9 Å². The summed E-state index contributed by atoms with van der Waals surface area (Å²) < 4.78 is 19.0. The summed E-state index contributed by atoms with van der Waals surface area (Å²) in [5.74, 6) is 0.214. The van der Waals surface area contributed by atoms with Crippen LogP contribution >= 0.6 is 0 Å². The van der Waals surface area contributed by atoms with Crippen LogP contribution in [-0.4, -0.2) is 36.9 Å². The maximum atomic E-state index is 13.9. The second-order valence-electron chi connectivity index (χ2n) is 6.11. The standard InChI is InChI=1S/C17H24FNO2/c1-12(2)11-19(13-7-8-13)10-9-15(20)17-14(18)5-4-6-16(17)21-3/h4-6,12-13H,7-11H2,1-3H3. The number of ketones is 1. The van der Waals surface area contributed by atoms with Gasteiger partial charge < -0.3 is 4.74 Å². The molecule has 0 unspecified atom stereocenters. The van der Waals surface area contributed by atoms with Crippen molar-refractivity contribution in [2.45, 2.75) is 39.2 Å². The van der Waals surface area contributed by atoms with Gasteiger partial charge in [-0.2, -0.15) is 0 Å². The highest BCUT2D eigenvalue weighted by molar-refractivity contribution is 5.99. The van der Waals surface area contributed by atoms with E-state index in [-0.39, 0.29) is 11.3 Å². The average molecular weight is 293 g/mol. The van der Waals surface area contributed by atoms with Crippen LogP contribution in [0, 0.1) is 11.7 Å². The Morgan fingerprint density at radius 1 is 1.43 bits per heavy atom. The zero-order chi connectivity index (χ0) is 15.4. The molecule has 0 bridgehead atoms. The Labute approximate surface area is 126 Å². The molecule has 0 heterocycles. The van der Waals surface area contributed by atoms with E-state index in [0.717, 1.165) is 6.54 Å². The molecule has 1 aliphatic rings. The Kier molecular flexibility index (Phi) is 5.34. The van der Waals surface area contributed by atoms with Crippen molar-refractivity contribution < 1.29 is 13.9 Å². The van der Waals surface area contributed by atoms with Crippen LogP contribution < -0.4 is 4.74 Å². The predicted molar refractivity (Wildman–Crippen MR) is 81.3 cm³/mol. The van der Waals surface area contributed by atoms with Gasteiger partial charge in [0.2, 0.25) is 0 Å². The van der Waals surface area contributed by atoms with Gasteiger partial charge in [0.05, 0.1) is 12.7 Å². The van der Waals surface area contributed by atoms with Gasteiger partial charge in [-0.25, -0.2) is 4.39 Å². The van der Waals surface area contributed by atoms with Gasteiger partial charge in [0, 0.05) is 25.6 Å². The molecule has 2 rings (SSSR count). The van der Waals surface area contributed by atoms with Crippen molar-refractivity contribution in [3.05, 3.63) is 29.6 Å². The Bertz CT molecular complexity index is 498. The van der Waals surface area contributed by atoms with Crippen LogP contribution in [0.5, 0.6) is 5.75 Å². The van der Waals surface area contributed by atoms with E-state index in [1.165, 1.54) is 26.0 Å². The van der Waals surface area contributed by atoms with Gasteiger partial charge >= 0.3 is 0 Å². The molecule has 0 atom stereocenters. The fraction of sp³-hybridized carbons (Fsp3) is 0.588. The molecule has 21 heavy (non-hydrogen) atoms. The van der Waals surface area contributed by atoms with Crippen LogP contribution in [0.3, 0.4) is 0 Å². The molecule has 1 aliphatic carbocycles. The Balaban J connectivity index is 2.01. The lowest BCUT2D eigenvalue weighted by Crippen LogP contribution is -2.32. The number of rotatable bonds is 8. The van der Waals surface area contributed by atoms with Crippen molar-refractivity contribution in [3.63, 3.8) is 0 Å². The third-order valence-corrected chi connectivity index (χ3v) is 3.76. The zero-order valence-corrected chi connectivity index (χ0v) is 13.1. The Hall–Kier alpha value is -1.42. The van der Waals surface area contributed by atoms with E-state index < -0.39 is 5.82 Å². The normalized spacial score (nSPS) is 14.8. The predicted octanol–water partition coefficient (Wildman–Crippen LogP) is 3.53. The molecule has 1 aromatic rings. The number of methoxy groups -OCH3 is 1. The van der Waals surface area contributed by atoms with E-state index in [4.69, 9.17) is 4.74 Å². The van der Waals surface area contributed by atoms with Gasteiger partial charge in [-0.3, -0.25) is 9.69 Å². The van der Waals surface area contributed by atoms with Crippen molar-refractivity contribution >= 4 is 5.78 Å². The quantitative estimate of drug-likeness (QED) is 0.687. The molecule has 1 fully saturated rings. The summed E-state index contributed by atoms with van der Waals surface area (Å²) in [6.07, 6.45) is 2.76. The maximum absolute atomic E-state index is 13.9. The molecule has 1 aromatic carbocycles. The molecule has 4 heteroatoms. The number of hydrogen-bond acceptors (Lipinski definition) is 3. The molecule has 0 aliphatic heterocycles. The monoisotopic (exact) mass is 293 g/mol. The fourth-order valence-electron chi connectivity index (χ4n) is 2.65. The van der Waals surface area contributed by atoms with Crippen LogP contribution in [0.1, 0.15) is 43.5 Å². The van der Waals surface area contributed by atoms with Crippen LogP contribution in [0.4, 0.5) is 4.39 Å². The highest BCUT2D eigenvalue weighted by Gasteiger charge is 2.29. The second kappa shape index (κ2) is 7.03. The van der Waals surface area contributed by atoms with Gasteiger partial charge in [0.25, 0.3) is 0 Å². The van der Waals surface area contributed by atoms with Crippen LogP contribution in [0.25, 0.3) is 0 Å². The SMILES string of the molecule is COc1cccc(F)c1C(=O)CCN(CC(C)C)C1CC1. The van der Waals surface area contributed by atoms with Gasteiger partial charge in [-0.15, -0.1) is 0 Å². The van der Waals surface area contributed by atoms with E-state index in [1.807, 2.05) is 0 Å². The average Bonchev–Trinajstić information content (AvgIpc) is 3.26. The smallest absolute Gasteiger partial charge is 0.170 e. The first-order chi connectivity index (χ1) is 10.0. The number of ether oxygens (including phenoxy) is 1. The van der Waals surface area contributed by atoms with Gasteiger partial charge in [0.15, 0.2) is 5.78 Å². The zero-order valence-electron chi connectivity index (χ0n) is 13.1. The highest BCUT2D eigenvalue weighted by atomic mass is 19.1. The molecule has 0 aromatic heterocycles. The van der Waals surface area contributed by atoms with E-state index in [9.17, 15) is 9.18 Å².